The van der Waals surface area contributed by atoms with Gasteiger partial charge in [-0.2, -0.15) is 0 Å². The van der Waals surface area contributed by atoms with Crippen LogP contribution in [0.3, 0.4) is 0 Å². The minimum absolute atomic E-state index is 0.146. The summed E-state index contributed by atoms with van der Waals surface area (Å²) in [6.07, 6.45) is 3.43. The number of amides is 1. The molecular formula is C26H30N4O5. The maximum absolute atomic E-state index is 12.5. The third kappa shape index (κ3) is 6.81. The van der Waals surface area contributed by atoms with Crippen LogP contribution in [-0.4, -0.2) is 48.5 Å². The Bertz CT molecular complexity index is 1220. The van der Waals surface area contributed by atoms with Gasteiger partial charge in [0.1, 0.15) is 11.4 Å². The first kappa shape index (κ1) is 24.3. The maximum atomic E-state index is 12.5. The number of aromatic amines is 1. The lowest BCUT2D eigenvalue weighted by Gasteiger charge is -2.10. The lowest BCUT2D eigenvalue weighted by Crippen LogP contribution is -2.27. The van der Waals surface area contributed by atoms with Gasteiger partial charge < -0.3 is 24.5 Å². The van der Waals surface area contributed by atoms with Gasteiger partial charge in [0.25, 0.3) is 5.56 Å². The molecule has 35 heavy (non-hydrogen) atoms. The molecule has 1 heterocycles. The molecule has 1 aromatic heterocycles. The highest BCUT2D eigenvalue weighted by atomic mass is 16.5. The highest BCUT2D eigenvalue weighted by Crippen LogP contribution is 2.30. The van der Waals surface area contributed by atoms with Crippen molar-refractivity contribution in [2.45, 2.75) is 32.1 Å². The van der Waals surface area contributed by atoms with Crippen molar-refractivity contribution in [2.24, 2.45) is 5.92 Å². The van der Waals surface area contributed by atoms with Crippen molar-refractivity contribution in [2.75, 3.05) is 27.4 Å². The smallest absolute Gasteiger partial charge is 0.273 e. The van der Waals surface area contributed by atoms with Gasteiger partial charge in [-0.1, -0.05) is 18.2 Å². The van der Waals surface area contributed by atoms with Crippen LogP contribution in [0.15, 0.2) is 47.3 Å². The van der Waals surface area contributed by atoms with Crippen LogP contribution in [0, 0.1) is 5.92 Å². The van der Waals surface area contributed by atoms with E-state index in [0.29, 0.717) is 42.8 Å². The number of aromatic nitrogens is 3. The first-order valence-corrected chi connectivity index (χ1v) is 11.7. The summed E-state index contributed by atoms with van der Waals surface area (Å²) < 4.78 is 16.3. The van der Waals surface area contributed by atoms with Gasteiger partial charge in [0.05, 0.1) is 20.8 Å². The van der Waals surface area contributed by atoms with E-state index in [1.807, 2.05) is 42.5 Å². The molecule has 0 unspecified atom stereocenters. The first-order valence-electron chi connectivity index (χ1n) is 11.7. The molecule has 9 nitrogen and oxygen atoms in total. The molecule has 2 N–H and O–H groups in total. The van der Waals surface area contributed by atoms with Crippen molar-refractivity contribution in [1.29, 1.82) is 0 Å². The fourth-order valence-corrected chi connectivity index (χ4v) is 3.59. The third-order valence-electron chi connectivity index (χ3n) is 5.83. The highest BCUT2D eigenvalue weighted by Gasteiger charge is 2.22. The van der Waals surface area contributed by atoms with Crippen molar-refractivity contribution in [3.05, 3.63) is 64.1 Å². The molecule has 2 aromatic carbocycles. The summed E-state index contributed by atoms with van der Waals surface area (Å²) in [7, 11) is 3.17. The predicted octanol–water partition coefficient (Wildman–Crippen LogP) is 2.93. The van der Waals surface area contributed by atoms with E-state index in [1.165, 1.54) is 12.8 Å². The zero-order valence-corrected chi connectivity index (χ0v) is 20.0. The van der Waals surface area contributed by atoms with Crippen LogP contribution in [0.1, 0.15) is 30.5 Å². The molecule has 0 atom stereocenters. The lowest BCUT2D eigenvalue weighted by molar-refractivity contribution is -0.121. The van der Waals surface area contributed by atoms with Crippen molar-refractivity contribution in [3.63, 3.8) is 0 Å². The van der Waals surface area contributed by atoms with Gasteiger partial charge in [0.2, 0.25) is 5.91 Å². The Hall–Kier alpha value is -3.88. The first-order chi connectivity index (χ1) is 17.1. The number of methoxy groups -OCH3 is 2. The maximum Gasteiger partial charge on any atom is 0.273 e. The quantitative estimate of drug-likeness (QED) is 0.411. The van der Waals surface area contributed by atoms with Crippen LogP contribution in [-0.2, 0) is 17.6 Å². The Morgan fingerprint density at radius 1 is 1.06 bits per heavy atom. The highest BCUT2D eigenvalue weighted by molar-refractivity contribution is 5.76. The average molecular weight is 479 g/mol. The van der Waals surface area contributed by atoms with Gasteiger partial charge in [-0.25, -0.2) is 0 Å². The minimum Gasteiger partial charge on any atom is -0.493 e. The molecule has 0 spiro atoms. The second-order valence-corrected chi connectivity index (χ2v) is 8.52. The summed E-state index contributed by atoms with van der Waals surface area (Å²) in [5.41, 5.74) is 1.62. The number of rotatable bonds is 12. The van der Waals surface area contributed by atoms with E-state index in [0.717, 1.165) is 16.9 Å². The van der Waals surface area contributed by atoms with Crippen molar-refractivity contribution < 1.29 is 19.0 Å². The molecule has 1 aliphatic carbocycles. The fourth-order valence-electron chi connectivity index (χ4n) is 3.59. The SMILES string of the molecule is COc1ccc(CCNC(=O)CCc2nnc(-c3cccc(OCC4CC4)c3)[nH]c2=O)cc1OC. The van der Waals surface area contributed by atoms with E-state index in [-0.39, 0.29) is 30.0 Å². The number of H-pyrrole nitrogens is 1. The normalized spacial score (nSPS) is 12.7. The third-order valence-corrected chi connectivity index (χ3v) is 5.83. The summed E-state index contributed by atoms with van der Waals surface area (Å²) in [4.78, 5) is 27.5. The van der Waals surface area contributed by atoms with Gasteiger partial charge in [-0.15, -0.1) is 10.2 Å². The number of nitrogens with one attached hydrogen (secondary N) is 2. The molecule has 9 heteroatoms. The Kier molecular flexibility index (Phi) is 7.97. The average Bonchev–Trinajstić information content (AvgIpc) is 3.71. The van der Waals surface area contributed by atoms with Gasteiger partial charge >= 0.3 is 0 Å². The van der Waals surface area contributed by atoms with Crippen LogP contribution in [0.4, 0.5) is 0 Å². The van der Waals surface area contributed by atoms with Crippen LogP contribution in [0.25, 0.3) is 11.4 Å². The molecule has 3 aromatic rings. The fraction of sp³-hybridized carbons (Fsp3) is 0.385. The van der Waals surface area contributed by atoms with Crippen LogP contribution >= 0.6 is 0 Å². The summed E-state index contributed by atoms with van der Waals surface area (Å²) in [5.74, 6) is 2.92. The largest absolute Gasteiger partial charge is 0.493 e. The summed E-state index contributed by atoms with van der Waals surface area (Å²) in [5, 5.41) is 11.1. The van der Waals surface area contributed by atoms with Crippen molar-refractivity contribution in [3.8, 4) is 28.6 Å². The number of nitrogens with zero attached hydrogens (tertiary/aromatic N) is 2. The van der Waals surface area contributed by atoms with E-state index in [2.05, 4.69) is 20.5 Å². The van der Waals surface area contributed by atoms with Gasteiger partial charge in [0.15, 0.2) is 17.3 Å². The molecule has 4 rings (SSSR count). The van der Waals surface area contributed by atoms with E-state index in [1.54, 1.807) is 14.2 Å². The summed E-state index contributed by atoms with van der Waals surface area (Å²) >= 11 is 0. The number of aryl methyl sites for hydroxylation is 1. The monoisotopic (exact) mass is 478 g/mol. The van der Waals surface area contributed by atoms with Crippen molar-refractivity contribution in [1.82, 2.24) is 20.5 Å². The van der Waals surface area contributed by atoms with E-state index in [9.17, 15) is 9.59 Å². The zero-order valence-electron chi connectivity index (χ0n) is 20.0. The van der Waals surface area contributed by atoms with Crippen molar-refractivity contribution >= 4 is 5.91 Å². The lowest BCUT2D eigenvalue weighted by atomic mass is 10.1. The topological polar surface area (TPSA) is 115 Å². The minimum atomic E-state index is -0.350. The Balaban J connectivity index is 1.26. The molecule has 184 valence electrons. The molecule has 0 aliphatic heterocycles. The van der Waals surface area contributed by atoms with Gasteiger partial charge in [-0.05, 0) is 55.0 Å². The van der Waals surface area contributed by atoms with Crippen LogP contribution < -0.4 is 25.1 Å². The number of ether oxygens (including phenoxy) is 3. The summed E-state index contributed by atoms with van der Waals surface area (Å²) in [6, 6.07) is 13.1. The molecule has 1 saturated carbocycles. The standard InChI is InChI=1S/C26H30N4O5/c1-33-22-10-8-17(14-23(22)34-2)12-13-27-24(31)11-9-21-26(32)28-25(30-29-21)19-4-3-5-20(15-19)35-16-18-6-7-18/h3-5,8,10,14-15,18H,6-7,9,11-13,16H2,1-2H3,(H,27,31)(H,28,30,32). The number of carbonyl (C=O) groups excluding carboxylic acids is 1. The number of carbonyl (C=O) groups is 1. The number of hydrogen-bond donors (Lipinski definition) is 2. The molecule has 1 amide bonds. The number of hydrogen-bond acceptors (Lipinski definition) is 7. The van der Waals surface area contributed by atoms with Crippen LogP contribution in [0.5, 0.6) is 17.2 Å². The predicted molar refractivity (Wildman–Crippen MR) is 131 cm³/mol. The van der Waals surface area contributed by atoms with E-state index < -0.39 is 0 Å². The Morgan fingerprint density at radius 3 is 2.63 bits per heavy atom. The van der Waals surface area contributed by atoms with Gasteiger partial charge in [-0.3, -0.25) is 9.59 Å². The van der Waals surface area contributed by atoms with E-state index in [4.69, 9.17) is 14.2 Å². The summed E-state index contributed by atoms with van der Waals surface area (Å²) in [6.45, 7) is 1.18. The molecule has 0 saturated heterocycles. The second kappa shape index (κ2) is 11.5. The molecule has 0 bridgehead atoms. The molecule has 1 fully saturated rings. The Morgan fingerprint density at radius 2 is 1.89 bits per heavy atom. The molecular weight excluding hydrogens is 448 g/mol. The Labute approximate surface area is 203 Å². The van der Waals surface area contributed by atoms with Gasteiger partial charge in [0, 0.05) is 24.9 Å². The molecule has 0 radical (unpaired) electrons. The van der Waals surface area contributed by atoms with Crippen LogP contribution in [0.2, 0.25) is 0 Å². The number of benzene rings is 2. The zero-order chi connectivity index (χ0) is 24.6. The second-order valence-electron chi connectivity index (χ2n) is 8.52. The van der Waals surface area contributed by atoms with E-state index >= 15 is 0 Å². The molecule has 1 aliphatic rings.